The molecule has 0 fully saturated rings. The summed E-state index contributed by atoms with van der Waals surface area (Å²) in [6.45, 7) is 4.32. The summed E-state index contributed by atoms with van der Waals surface area (Å²) in [6.07, 6.45) is 1.56. The number of nitrogens with two attached hydrogens (primary N) is 1. The maximum atomic E-state index is 7.28. The second-order valence-electron chi connectivity index (χ2n) is 2.67. The van der Waals surface area contributed by atoms with Gasteiger partial charge >= 0.3 is 0 Å². The van der Waals surface area contributed by atoms with Crippen molar-refractivity contribution < 1.29 is 4.74 Å². The molecular weight excluding hydrogens is 166 g/mol. The Bertz CT molecular complexity index is 323. The van der Waals surface area contributed by atoms with Crippen LogP contribution in [0.4, 0.5) is 0 Å². The lowest BCUT2D eigenvalue weighted by Gasteiger charge is -2.08. The van der Waals surface area contributed by atoms with Gasteiger partial charge < -0.3 is 10.5 Å². The fourth-order valence-electron chi connectivity index (χ4n) is 1.01. The van der Waals surface area contributed by atoms with E-state index in [1.165, 1.54) is 0 Å². The van der Waals surface area contributed by atoms with Crippen molar-refractivity contribution in [2.45, 2.75) is 13.8 Å². The van der Waals surface area contributed by atoms with Crippen molar-refractivity contribution in [1.82, 2.24) is 4.98 Å². The third-order valence-electron chi connectivity index (χ3n) is 1.59. The molecule has 0 aliphatic carbocycles. The van der Waals surface area contributed by atoms with E-state index in [0.717, 1.165) is 5.69 Å². The van der Waals surface area contributed by atoms with E-state index >= 15 is 0 Å². The molecule has 0 amide bonds. The Morgan fingerprint density at radius 2 is 2.38 bits per heavy atom. The van der Waals surface area contributed by atoms with Crippen LogP contribution in [0.5, 0.6) is 5.75 Å². The van der Waals surface area contributed by atoms with Gasteiger partial charge in [0.25, 0.3) is 0 Å². The summed E-state index contributed by atoms with van der Waals surface area (Å²) in [5.74, 6) is 0.610. The van der Waals surface area contributed by atoms with Crippen LogP contribution in [0.2, 0.25) is 0 Å². The summed E-state index contributed by atoms with van der Waals surface area (Å²) in [6, 6.07) is 1.78. The van der Waals surface area contributed by atoms with E-state index in [4.69, 9.17) is 15.9 Å². The predicted octanol–water partition coefficient (Wildman–Crippen LogP) is 1.07. The molecule has 1 aromatic heterocycles. The van der Waals surface area contributed by atoms with E-state index < -0.39 is 0 Å². The smallest absolute Gasteiger partial charge is 0.133 e. The average molecular weight is 179 g/mol. The Labute approximate surface area is 77.2 Å². The van der Waals surface area contributed by atoms with Crippen LogP contribution in [0, 0.1) is 12.3 Å². The summed E-state index contributed by atoms with van der Waals surface area (Å²) in [7, 11) is 0. The van der Waals surface area contributed by atoms with Crippen LogP contribution in [0.15, 0.2) is 12.3 Å². The maximum Gasteiger partial charge on any atom is 0.133 e. The average Bonchev–Trinajstić information content (AvgIpc) is 2.04. The van der Waals surface area contributed by atoms with Crippen LogP contribution in [-0.4, -0.2) is 17.4 Å². The van der Waals surface area contributed by atoms with Crippen LogP contribution in [0.3, 0.4) is 0 Å². The van der Waals surface area contributed by atoms with Crippen LogP contribution in [0.25, 0.3) is 0 Å². The van der Waals surface area contributed by atoms with Gasteiger partial charge in [-0.1, -0.05) is 0 Å². The van der Waals surface area contributed by atoms with Gasteiger partial charge in [-0.2, -0.15) is 0 Å². The highest BCUT2D eigenvalue weighted by atomic mass is 16.5. The minimum Gasteiger partial charge on any atom is -0.493 e. The third kappa shape index (κ3) is 2.18. The molecule has 1 aromatic rings. The SMILES string of the molecule is CCOc1cc(C)ncc1C(=N)N. The maximum absolute atomic E-state index is 7.28. The van der Waals surface area contributed by atoms with Gasteiger partial charge in [0.15, 0.2) is 0 Å². The van der Waals surface area contributed by atoms with E-state index in [-0.39, 0.29) is 5.84 Å². The van der Waals surface area contributed by atoms with Gasteiger partial charge in [0.1, 0.15) is 11.6 Å². The fourth-order valence-corrected chi connectivity index (χ4v) is 1.01. The van der Waals surface area contributed by atoms with Gasteiger partial charge in [-0.25, -0.2) is 0 Å². The molecule has 0 saturated carbocycles. The number of aromatic nitrogens is 1. The molecule has 0 atom stereocenters. The molecule has 3 N–H and O–H groups in total. The van der Waals surface area contributed by atoms with Crippen molar-refractivity contribution in [3.05, 3.63) is 23.5 Å². The molecule has 1 heterocycles. The largest absolute Gasteiger partial charge is 0.493 e. The van der Waals surface area contributed by atoms with Crippen molar-refractivity contribution in [3.63, 3.8) is 0 Å². The summed E-state index contributed by atoms with van der Waals surface area (Å²) >= 11 is 0. The number of pyridine rings is 1. The van der Waals surface area contributed by atoms with E-state index in [1.54, 1.807) is 12.3 Å². The van der Waals surface area contributed by atoms with Gasteiger partial charge in [0.2, 0.25) is 0 Å². The number of aryl methyl sites for hydroxylation is 1. The number of rotatable bonds is 3. The minimum absolute atomic E-state index is 0.0176. The van der Waals surface area contributed by atoms with Crippen molar-refractivity contribution in [2.75, 3.05) is 6.61 Å². The first-order chi connectivity index (χ1) is 6.15. The molecule has 0 spiro atoms. The Kier molecular flexibility index (Phi) is 2.84. The Morgan fingerprint density at radius 1 is 1.69 bits per heavy atom. The monoisotopic (exact) mass is 179 g/mol. The first kappa shape index (κ1) is 9.51. The van der Waals surface area contributed by atoms with E-state index in [1.807, 2.05) is 13.8 Å². The lowest BCUT2D eigenvalue weighted by Crippen LogP contribution is -2.13. The van der Waals surface area contributed by atoms with E-state index in [0.29, 0.717) is 17.9 Å². The zero-order chi connectivity index (χ0) is 9.84. The van der Waals surface area contributed by atoms with Crippen molar-refractivity contribution in [1.29, 1.82) is 5.41 Å². The minimum atomic E-state index is -0.0176. The number of ether oxygens (including phenoxy) is 1. The van der Waals surface area contributed by atoms with Gasteiger partial charge in [-0.15, -0.1) is 0 Å². The second-order valence-corrected chi connectivity index (χ2v) is 2.67. The molecule has 4 nitrogen and oxygen atoms in total. The summed E-state index contributed by atoms with van der Waals surface area (Å²) in [5.41, 5.74) is 6.76. The molecule has 13 heavy (non-hydrogen) atoms. The summed E-state index contributed by atoms with van der Waals surface area (Å²) in [4.78, 5) is 4.04. The molecule has 0 unspecified atom stereocenters. The number of nitrogens with zero attached hydrogens (tertiary/aromatic N) is 1. The molecule has 70 valence electrons. The highest BCUT2D eigenvalue weighted by Crippen LogP contribution is 2.17. The van der Waals surface area contributed by atoms with E-state index in [9.17, 15) is 0 Å². The number of hydrogen-bond acceptors (Lipinski definition) is 3. The van der Waals surface area contributed by atoms with Crippen LogP contribution in [0.1, 0.15) is 18.2 Å². The van der Waals surface area contributed by atoms with E-state index in [2.05, 4.69) is 4.98 Å². The summed E-state index contributed by atoms with van der Waals surface area (Å²) in [5, 5.41) is 7.28. The van der Waals surface area contributed by atoms with Gasteiger partial charge in [-0.3, -0.25) is 10.4 Å². The van der Waals surface area contributed by atoms with Gasteiger partial charge in [0.05, 0.1) is 12.2 Å². The lowest BCUT2D eigenvalue weighted by atomic mass is 10.2. The number of nitrogen functional groups attached to an aromatic ring is 1. The third-order valence-corrected chi connectivity index (χ3v) is 1.59. The zero-order valence-corrected chi connectivity index (χ0v) is 7.79. The zero-order valence-electron chi connectivity index (χ0n) is 7.79. The summed E-state index contributed by atoms with van der Waals surface area (Å²) < 4.78 is 5.32. The highest BCUT2D eigenvalue weighted by Gasteiger charge is 2.06. The molecule has 0 aliphatic heterocycles. The number of nitrogens with one attached hydrogen (secondary N) is 1. The molecule has 0 aliphatic rings. The predicted molar refractivity (Wildman–Crippen MR) is 51.2 cm³/mol. The van der Waals surface area contributed by atoms with Crippen LogP contribution in [-0.2, 0) is 0 Å². The normalized spacial score (nSPS) is 9.69. The molecule has 0 radical (unpaired) electrons. The number of hydrogen-bond donors (Lipinski definition) is 2. The topological polar surface area (TPSA) is 72.0 Å². The molecule has 0 bridgehead atoms. The van der Waals surface area contributed by atoms with Crippen LogP contribution < -0.4 is 10.5 Å². The first-order valence-corrected chi connectivity index (χ1v) is 4.09. The molecule has 4 heteroatoms. The highest BCUT2D eigenvalue weighted by molar-refractivity contribution is 5.97. The standard InChI is InChI=1S/C9H13N3O/c1-3-13-8-4-6(2)12-5-7(8)9(10)11/h4-5H,3H2,1-2H3,(H3,10,11). The molecular formula is C9H13N3O. The fraction of sp³-hybridized carbons (Fsp3) is 0.333. The quantitative estimate of drug-likeness (QED) is 0.538. The molecule has 1 rings (SSSR count). The molecule has 0 saturated heterocycles. The second kappa shape index (κ2) is 3.89. The van der Waals surface area contributed by atoms with Crippen molar-refractivity contribution in [3.8, 4) is 5.75 Å². The Morgan fingerprint density at radius 3 is 2.92 bits per heavy atom. The van der Waals surface area contributed by atoms with Gasteiger partial charge in [-0.05, 0) is 13.8 Å². The first-order valence-electron chi connectivity index (χ1n) is 4.09. The van der Waals surface area contributed by atoms with Crippen LogP contribution >= 0.6 is 0 Å². The molecule has 0 aromatic carbocycles. The lowest BCUT2D eigenvalue weighted by molar-refractivity contribution is 0.339. The van der Waals surface area contributed by atoms with Gasteiger partial charge in [0, 0.05) is 18.0 Å². The Hall–Kier alpha value is -1.58. The Balaban J connectivity index is 3.10. The van der Waals surface area contributed by atoms with Crippen molar-refractivity contribution in [2.24, 2.45) is 5.73 Å². The number of amidine groups is 1. The van der Waals surface area contributed by atoms with Crippen molar-refractivity contribution >= 4 is 5.84 Å².